The largest absolute Gasteiger partial charge is 0.490 e. The number of rotatable bonds is 11. The van der Waals surface area contributed by atoms with E-state index in [-0.39, 0.29) is 23.5 Å². The molecular formula is C35H32F4O2. The van der Waals surface area contributed by atoms with Crippen molar-refractivity contribution in [1.82, 2.24) is 0 Å². The van der Waals surface area contributed by atoms with Crippen LogP contribution in [-0.2, 0) is 0 Å². The molecule has 0 fully saturated rings. The van der Waals surface area contributed by atoms with Crippen molar-refractivity contribution in [2.45, 2.75) is 51.0 Å². The number of hydrogen-bond acceptors (Lipinski definition) is 2. The monoisotopic (exact) mass is 560 g/mol. The van der Waals surface area contributed by atoms with Gasteiger partial charge in [0.25, 0.3) is 0 Å². The van der Waals surface area contributed by atoms with Crippen LogP contribution >= 0.6 is 0 Å². The van der Waals surface area contributed by atoms with Crippen molar-refractivity contribution in [3.63, 3.8) is 0 Å². The van der Waals surface area contributed by atoms with E-state index in [0.717, 1.165) is 12.0 Å². The molecule has 0 saturated heterocycles. The number of allylic oxidation sites excluding steroid dienone is 5. The third-order valence-electron chi connectivity index (χ3n) is 7.08. The van der Waals surface area contributed by atoms with Gasteiger partial charge in [0.05, 0.1) is 12.7 Å². The van der Waals surface area contributed by atoms with Crippen LogP contribution in [0.1, 0.15) is 67.7 Å². The minimum atomic E-state index is -1.07. The Balaban J connectivity index is 1.42. The molecule has 6 heteroatoms. The SMILES string of the molecule is C#CCCCOc1ccc(-c2ccc(/C=C/C3=CCC(c4ccc(C(O)CCC)cc4)C(F)=C3F)cc2)c(F)c1F. The Morgan fingerprint density at radius 1 is 0.976 bits per heavy atom. The highest BCUT2D eigenvalue weighted by Gasteiger charge is 2.26. The fourth-order valence-electron chi connectivity index (χ4n) is 4.73. The summed E-state index contributed by atoms with van der Waals surface area (Å²) in [5.74, 6) is -2.25. The number of terminal acetylenes is 1. The Hall–Kier alpha value is -4.08. The second-order valence-electron chi connectivity index (χ2n) is 9.93. The van der Waals surface area contributed by atoms with Gasteiger partial charge < -0.3 is 9.84 Å². The zero-order chi connectivity index (χ0) is 29.4. The maximum Gasteiger partial charge on any atom is 0.201 e. The second-order valence-corrected chi connectivity index (χ2v) is 9.93. The first kappa shape index (κ1) is 29.9. The van der Waals surface area contributed by atoms with E-state index in [4.69, 9.17) is 11.2 Å². The molecule has 2 nitrogen and oxygen atoms in total. The molecule has 0 saturated carbocycles. The van der Waals surface area contributed by atoms with Gasteiger partial charge in [-0.1, -0.05) is 80.1 Å². The van der Waals surface area contributed by atoms with E-state index in [0.29, 0.717) is 42.4 Å². The summed E-state index contributed by atoms with van der Waals surface area (Å²) in [6.07, 6.45) is 12.2. The number of benzene rings is 3. The van der Waals surface area contributed by atoms with Gasteiger partial charge in [0, 0.05) is 23.5 Å². The zero-order valence-corrected chi connectivity index (χ0v) is 22.8. The minimum Gasteiger partial charge on any atom is -0.490 e. The van der Waals surface area contributed by atoms with Gasteiger partial charge >= 0.3 is 0 Å². The van der Waals surface area contributed by atoms with Crippen LogP contribution in [0.2, 0.25) is 0 Å². The van der Waals surface area contributed by atoms with Crippen LogP contribution in [-0.4, -0.2) is 11.7 Å². The molecule has 1 aliphatic rings. The van der Waals surface area contributed by atoms with Crippen LogP contribution in [0.25, 0.3) is 17.2 Å². The van der Waals surface area contributed by atoms with Gasteiger partial charge in [-0.05, 0) is 53.6 Å². The Morgan fingerprint density at radius 2 is 1.71 bits per heavy atom. The first-order valence-electron chi connectivity index (χ1n) is 13.7. The van der Waals surface area contributed by atoms with Crippen molar-refractivity contribution in [3.05, 3.63) is 118 Å². The normalized spacial score (nSPS) is 16.0. The summed E-state index contributed by atoms with van der Waals surface area (Å²) in [5, 5.41) is 10.1. The van der Waals surface area contributed by atoms with Crippen LogP contribution in [0.15, 0.2) is 90.0 Å². The van der Waals surface area contributed by atoms with E-state index in [2.05, 4.69) is 5.92 Å². The number of aliphatic hydroxyl groups is 1. The van der Waals surface area contributed by atoms with Gasteiger partial charge in [0.2, 0.25) is 5.82 Å². The van der Waals surface area contributed by atoms with E-state index in [1.54, 1.807) is 60.7 Å². The summed E-state index contributed by atoms with van der Waals surface area (Å²) in [4.78, 5) is 0. The number of hydrogen-bond donors (Lipinski definition) is 1. The summed E-state index contributed by atoms with van der Waals surface area (Å²) < 4.78 is 64.5. The molecular weight excluding hydrogens is 528 g/mol. The third kappa shape index (κ3) is 7.17. The average molecular weight is 561 g/mol. The highest BCUT2D eigenvalue weighted by Crippen LogP contribution is 2.39. The number of unbranched alkanes of at least 4 members (excludes halogenated alkanes) is 1. The van der Waals surface area contributed by atoms with Crippen molar-refractivity contribution >= 4 is 6.08 Å². The lowest BCUT2D eigenvalue weighted by Gasteiger charge is -2.20. The van der Waals surface area contributed by atoms with Crippen molar-refractivity contribution < 1.29 is 27.4 Å². The van der Waals surface area contributed by atoms with Gasteiger partial charge in [-0.15, -0.1) is 12.3 Å². The zero-order valence-electron chi connectivity index (χ0n) is 22.8. The minimum absolute atomic E-state index is 0.0824. The van der Waals surface area contributed by atoms with Crippen molar-refractivity contribution in [2.24, 2.45) is 0 Å². The molecule has 3 aromatic carbocycles. The molecule has 0 spiro atoms. The van der Waals surface area contributed by atoms with Gasteiger partial charge in [-0.2, -0.15) is 4.39 Å². The molecule has 0 aliphatic heterocycles. The lowest BCUT2D eigenvalue weighted by atomic mass is 9.87. The van der Waals surface area contributed by atoms with E-state index in [1.807, 2.05) is 6.92 Å². The molecule has 1 aliphatic carbocycles. The first-order valence-corrected chi connectivity index (χ1v) is 13.7. The van der Waals surface area contributed by atoms with Crippen LogP contribution in [0.4, 0.5) is 17.6 Å². The van der Waals surface area contributed by atoms with Crippen molar-refractivity contribution in [2.75, 3.05) is 6.61 Å². The fourth-order valence-corrected chi connectivity index (χ4v) is 4.73. The van der Waals surface area contributed by atoms with Gasteiger partial charge in [-0.25, -0.2) is 13.2 Å². The van der Waals surface area contributed by atoms with Crippen LogP contribution in [0, 0.1) is 24.0 Å². The molecule has 1 N–H and O–H groups in total. The fraction of sp³-hybridized carbons (Fsp3) is 0.257. The molecule has 0 radical (unpaired) electrons. The predicted molar refractivity (Wildman–Crippen MR) is 155 cm³/mol. The van der Waals surface area contributed by atoms with E-state index in [1.165, 1.54) is 18.2 Å². The summed E-state index contributed by atoms with van der Waals surface area (Å²) in [6, 6.07) is 16.5. The quantitative estimate of drug-likeness (QED) is 0.144. The Morgan fingerprint density at radius 3 is 2.39 bits per heavy atom. The molecule has 4 rings (SSSR count). The summed E-state index contributed by atoms with van der Waals surface area (Å²) in [5.41, 5.74) is 2.77. The van der Waals surface area contributed by atoms with Gasteiger partial charge in [-0.3, -0.25) is 0 Å². The second kappa shape index (κ2) is 14.0. The Labute approximate surface area is 238 Å². The first-order chi connectivity index (χ1) is 19.8. The Kier molecular flexibility index (Phi) is 10.2. The summed E-state index contributed by atoms with van der Waals surface area (Å²) >= 11 is 0. The van der Waals surface area contributed by atoms with E-state index < -0.39 is 35.3 Å². The number of ether oxygens (including phenoxy) is 1. The summed E-state index contributed by atoms with van der Waals surface area (Å²) in [7, 11) is 0. The third-order valence-corrected chi connectivity index (χ3v) is 7.08. The highest BCUT2D eigenvalue weighted by atomic mass is 19.2. The average Bonchev–Trinajstić information content (AvgIpc) is 2.99. The Bertz CT molecular complexity index is 1480. The topological polar surface area (TPSA) is 29.5 Å². The van der Waals surface area contributed by atoms with E-state index in [9.17, 15) is 18.3 Å². The number of halogens is 4. The molecule has 3 aromatic rings. The van der Waals surface area contributed by atoms with Crippen LogP contribution < -0.4 is 4.74 Å². The maximum atomic E-state index is 15.0. The summed E-state index contributed by atoms with van der Waals surface area (Å²) in [6.45, 7) is 2.18. The smallest absolute Gasteiger partial charge is 0.201 e. The van der Waals surface area contributed by atoms with Crippen LogP contribution in [0.3, 0.4) is 0 Å². The lowest BCUT2D eigenvalue weighted by molar-refractivity contribution is 0.166. The van der Waals surface area contributed by atoms with Crippen molar-refractivity contribution in [1.29, 1.82) is 0 Å². The van der Waals surface area contributed by atoms with Gasteiger partial charge in [0.1, 0.15) is 5.83 Å². The molecule has 0 heterocycles. The molecule has 212 valence electrons. The standard InChI is InChI=1S/C35H32F4O2/c1-3-5-6-22-41-31-21-20-29(34(38)35(31)39)24-11-8-23(9-12-24)10-13-27-18-19-28(33(37)32(27)36)25-14-16-26(17-15-25)30(40)7-4-2/h1,8-18,20-21,28,30,40H,4-7,19,22H2,2H3/b13-10+. The lowest BCUT2D eigenvalue weighted by Crippen LogP contribution is -2.06. The highest BCUT2D eigenvalue weighted by molar-refractivity contribution is 5.68. The maximum absolute atomic E-state index is 15.0. The molecule has 2 atom stereocenters. The van der Waals surface area contributed by atoms with Crippen LogP contribution in [0.5, 0.6) is 5.75 Å². The predicted octanol–water partition coefficient (Wildman–Crippen LogP) is 9.54. The molecule has 0 aromatic heterocycles. The van der Waals surface area contributed by atoms with Gasteiger partial charge in [0.15, 0.2) is 17.4 Å². The molecule has 0 amide bonds. The number of aliphatic hydroxyl groups excluding tert-OH is 1. The molecule has 2 unspecified atom stereocenters. The molecule has 41 heavy (non-hydrogen) atoms. The van der Waals surface area contributed by atoms with Crippen molar-refractivity contribution in [3.8, 4) is 29.2 Å². The van der Waals surface area contributed by atoms with E-state index >= 15 is 4.39 Å². The molecule has 0 bridgehead atoms.